The highest BCUT2D eigenvalue weighted by Crippen LogP contribution is 2.09. The number of aliphatic hydroxyl groups excluding tert-OH is 1. The molecule has 2 N–H and O–H groups in total. The molecule has 5 heteroatoms. The summed E-state index contributed by atoms with van der Waals surface area (Å²) in [5, 5.41) is 11.1. The highest BCUT2D eigenvalue weighted by atomic mass is 16.5. The van der Waals surface area contributed by atoms with Crippen molar-refractivity contribution in [2.45, 2.75) is 6.61 Å². The molecule has 1 rings (SSSR count). The van der Waals surface area contributed by atoms with Crippen LogP contribution in [0.2, 0.25) is 0 Å². The molecular formula is C10H11NO4. The van der Waals surface area contributed by atoms with Crippen LogP contribution in [0.3, 0.4) is 0 Å². The van der Waals surface area contributed by atoms with E-state index >= 15 is 0 Å². The smallest absolute Gasteiger partial charge is 0.396 e. The van der Waals surface area contributed by atoms with Crippen molar-refractivity contribution in [3.63, 3.8) is 0 Å². The predicted octanol–water partition coefficient (Wildman–Crippen LogP) is 0.290. The van der Waals surface area contributed by atoms with Crippen LogP contribution in [0.1, 0.15) is 5.56 Å². The summed E-state index contributed by atoms with van der Waals surface area (Å²) in [6, 6.07) is 6.47. The Kier molecular flexibility index (Phi) is 3.82. The number of carbonyl (C=O) groups is 2. The minimum absolute atomic E-state index is 0.0643. The maximum atomic E-state index is 11.1. The molecule has 0 heterocycles. The summed E-state index contributed by atoms with van der Waals surface area (Å²) in [7, 11) is 1.14. The Morgan fingerprint density at radius 3 is 2.40 bits per heavy atom. The van der Waals surface area contributed by atoms with E-state index in [-0.39, 0.29) is 6.61 Å². The number of hydrogen-bond acceptors (Lipinski definition) is 4. The highest BCUT2D eigenvalue weighted by Gasteiger charge is 2.13. The largest absolute Gasteiger partial charge is 0.462 e. The number of aliphatic hydroxyl groups is 1. The molecular weight excluding hydrogens is 198 g/mol. The van der Waals surface area contributed by atoms with Crippen LogP contribution in [0.4, 0.5) is 5.69 Å². The van der Waals surface area contributed by atoms with Gasteiger partial charge in [-0.25, -0.2) is 4.79 Å². The molecule has 1 aromatic carbocycles. The molecule has 0 saturated carbocycles. The minimum atomic E-state index is -0.943. The second-order valence-corrected chi connectivity index (χ2v) is 2.80. The van der Waals surface area contributed by atoms with E-state index in [1.165, 1.54) is 0 Å². The molecule has 5 nitrogen and oxygen atoms in total. The number of nitrogens with one attached hydrogen (secondary N) is 1. The summed E-state index contributed by atoms with van der Waals surface area (Å²) in [5.74, 6) is -1.77. The number of benzene rings is 1. The van der Waals surface area contributed by atoms with Gasteiger partial charge in [0.05, 0.1) is 13.7 Å². The Morgan fingerprint density at radius 1 is 1.33 bits per heavy atom. The van der Waals surface area contributed by atoms with Crippen molar-refractivity contribution in [1.82, 2.24) is 0 Å². The van der Waals surface area contributed by atoms with Crippen LogP contribution in [0.5, 0.6) is 0 Å². The molecule has 1 amide bonds. The van der Waals surface area contributed by atoms with Gasteiger partial charge in [0.15, 0.2) is 0 Å². The van der Waals surface area contributed by atoms with Gasteiger partial charge in [-0.2, -0.15) is 0 Å². The normalized spacial score (nSPS) is 9.47. The summed E-state index contributed by atoms with van der Waals surface area (Å²) in [6.45, 7) is -0.0643. The maximum Gasteiger partial charge on any atom is 0.396 e. The van der Waals surface area contributed by atoms with Crippen molar-refractivity contribution < 1.29 is 19.4 Å². The zero-order valence-electron chi connectivity index (χ0n) is 8.19. The first kappa shape index (κ1) is 11.2. The summed E-state index contributed by atoms with van der Waals surface area (Å²) in [4.78, 5) is 21.8. The summed E-state index contributed by atoms with van der Waals surface area (Å²) in [6.07, 6.45) is 0. The molecule has 0 unspecified atom stereocenters. The first-order valence-corrected chi connectivity index (χ1v) is 4.26. The monoisotopic (exact) mass is 209 g/mol. The standard InChI is InChI=1S/C10H11NO4/c1-15-10(14)9(13)11-8-4-2-7(6-12)3-5-8/h2-5,12H,6H2,1H3,(H,11,13). The number of methoxy groups -OCH3 is 1. The Labute approximate surface area is 86.7 Å². The lowest BCUT2D eigenvalue weighted by molar-refractivity contribution is -0.150. The van der Waals surface area contributed by atoms with Crippen LogP contribution in [0.25, 0.3) is 0 Å². The molecule has 0 aromatic heterocycles. The third kappa shape index (κ3) is 3.07. The summed E-state index contributed by atoms with van der Waals surface area (Å²) < 4.78 is 4.24. The Bertz CT molecular complexity index is 358. The van der Waals surface area contributed by atoms with Crippen molar-refractivity contribution in [3.8, 4) is 0 Å². The predicted molar refractivity (Wildman–Crippen MR) is 53.0 cm³/mol. The lowest BCUT2D eigenvalue weighted by Gasteiger charge is -2.03. The van der Waals surface area contributed by atoms with Crippen LogP contribution >= 0.6 is 0 Å². The van der Waals surface area contributed by atoms with Crippen LogP contribution in [0.15, 0.2) is 24.3 Å². The van der Waals surface area contributed by atoms with Crippen molar-refractivity contribution in [2.24, 2.45) is 0 Å². The van der Waals surface area contributed by atoms with Crippen molar-refractivity contribution in [2.75, 3.05) is 12.4 Å². The molecule has 1 aromatic rings. The zero-order chi connectivity index (χ0) is 11.3. The average molecular weight is 209 g/mol. The number of rotatable bonds is 2. The van der Waals surface area contributed by atoms with E-state index in [1.807, 2.05) is 0 Å². The Hall–Kier alpha value is -1.88. The zero-order valence-corrected chi connectivity index (χ0v) is 8.19. The number of carbonyl (C=O) groups excluding carboxylic acids is 2. The fourth-order valence-electron chi connectivity index (χ4n) is 0.968. The molecule has 0 spiro atoms. The second-order valence-electron chi connectivity index (χ2n) is 2.80. The molecule has 0 aliphatic heterocycles. The SMILES string of the molecule is COC(=O)C(=O)Nc1ccc(CO)cc1. The van der Waals surface area contributed by atoms with Gasteiger partial charge in [0.1, 0.15) is 0 Å². The lowest BCUT2D eigenvalue weighted by atomic mass is 10.2. The minimum Gasteiger partial charge on any atom is -0.462 e. The van der Waals surface area contributed by atoms with Crippen molar-refractivity contribution >= 4 is 17.6 Å². The first-order chi connectivity index (χ1) is 7.17. The summed E-state index contributed by atoms with van der Waals surface area (Å²) in [5.41, 5.74) is 1.20. The number of anilines is 1. The molecule has 0 aliphatic rings. The molecule has 80 valence electrons. The van der Waals surface area contributed by atoms with Gasteiger partial charge in [0, 0.05) is 5.69 Å². The van der Waals surface area contributed by atoms with Crippen molar-refractivity contribution in [3.05, 3.63) is 29.8 Å². The first-order valence-electron chi connectivity index (χ1n) is 4.26. The number of ether oxygens (including phenoxy) is 1. The maximum absolute atomic E-state index is 11.1. The molecule has 0 radical (unpaired) electrons. The quantitative estimate of drug-likeness (QED) is 0.542. The van der Waals surface area contributed by atoms with E-state index in [2.05, 4.69) is 10.1 Å². The van der Waals surface area contributed by atoms with Gasteiger partial charge in [-0.15, -0.1) is 0 Å². The second kappa shape index (κ2) is 5.11. The molecule has 15 heavy (non-hydrogen) atoms. The van der Waals surface area contributed by atoms with E-state index in [0.717, 1.165) is 12.7 Å². The molecule has 0 fully saturated rings. The molecule has 0 bridgehead atoms. The highest BCUT2D eigenvalue weighted by molar-refractivity contribution is 6.37. The van der Waals surface area contributed by atoms with E-state index in [9.17, 15) is 9.59 Å². The Balaban J connectivity index is 2.65. The molecule has 0 aliphatic carbocycles. The van der Waals surface area contributed by atoms with Gasteiger partial charge in [-0.1, -0.05) is 12.1 Å². The van der Waals surface area contributed by atoms with Crippen LogP contribution < -0.4 is 5.32 Å². The molecule has 0 saturated heterocycles. The topological polar surface area (TPSA) is 75.6 Å². The number of hydrogen-bond donors (Lipinski definition) is 2. The van der Waals surface area contributed by atoms with Gasteiger partial charge >= 0.3 is 11.9 Å². The van der Waals surface area contributed by atoms with Crippen molar-refractivity contribution in [1.29, 1.82) is 0 Å². The van der Waals surface area contributed by atoms with Gasteiger partial charge in [-0.05, 0) is 17.7 Å². The average Bonchev–Trinajstić information content (AvgIpc) is 2.29. The lowest BCUT2D eigenvalue weighted by Crippen LogP contribution is -2.23. The summed E-state index contributed by atoms with van der Waals surface area (Å²) >= 11 is 0. The van der Waals surface area contributed by atoms with Gasteiger partial charge in [0.2, 0.25) is 0 Å². The Morgan fingerprint density at radius 2 is 1.93 bits per heavy atom. The van der Waals surface area contributed by atoms with E-state index in [1.54, 1.807) is 24.3 Å². The molecule has 0 atom stereocenters. The van der Waals surface area contributed by atoms with Gasteiger partial charge < -0.3 is 15.2 Å². The van der Waals surface area contributed by atoms with E-state index < -0.39 is 11.9 Å². The van der Waals surface area contributed by atoms with Crippen LogP contribution in [0, 0.1) is 0 Å². The fraction of sp³-hybridized carbons (Fsp3) is 0.200. The van der Waals surface area contributed by atoms with E-state index in [4.69, 9.17) is 5.11 Å². The van der Waals surface area contributed by atoms with Crippen LogP contribution in [-0.4, -0.2) is 24.1 Å². The van der Waals surface area contributed by atoms with E-state index in [0.29, 0.717) is 5.69 Å². The third-order valence-corrected chi connectivity index (χ3v) is 1.77. The fourth-order valence-corrected chi connectivity index (χ4v) is 0.968. The van der Waals surface area contributed by atoms with Gasteiger partial charge in [-0.3, -0.25) is 4.79 Å². The third-order valence-electron chi connectivity index (χ3n) is 1.77. The number of amides is 1. The number of esters is 1. The van der Waals surface area contributed by atoms with Gasteiger partial charge in [0.25, 0.3) is 0 Å². The van der Waals surface area contributed by atoms with Crippen LogP contribution in [-0.2, 0) is 20.9 Å².